The molecule has 13 heteroatoms. The molecule has 0 unspecified atom stereocenters. The van der Waals surface area contributed by atoms with Gasteiger partial charge in [0.15, 0.2) is 0 Å². The van der Waals surface area contributed by atoms with Gasteiger partial charge in [0.25, 0.3) is 0 Å². The summed E-state index contributed by atoms with van der Waals surface area (Å²) in [5.41, 5.74) is 6.68. The molecule has 7 rings (SSSR count). The highest BCUT2D eigenvalue weighted by atomic mass is 35.5. The fourth-order valence-electron chi connectivity index (χ4n) is 7.06. The number of carbonyl (C=O) groups excluding carboxylic acids is 2. The van der Waals surface area contributed by atoms with Gasteiger partial charge in [-0.2, -0.15) is 0 Å². The number of amides is 2. The van der Waals surface area contributed by atoms with Crippen LogP contribution in [-0.4, -0.2) is 61.2 Å². The number of benzene rings is 3. The molecule has 2 aliphatic rings. The van der Waals surface area contributed by atoms with E-state index in [4.69, 9.17) is 49.3 Å². The van der Waals surface area contributed by atoms with Gasteiger partial charge in [0.1, 0.15) is 11.5 Å². The van der Waals surface area contributed by atoms with E-state index in [-0.39, 0.29) is 23.9 Å². The third-order valence-electron chi connectivity index (χ3n) is 9.76. The molecule has 0 radical (unpaired) electrons. The Morgan fingerprint density at radius 1 is 0.774 bits per heavy atom. The molecule has 10 nitrogen and oxygen atoms in total. The third-order valence-corrected chi connectivity index (χ3v) is 10.8. The Labute approximate surface area is 322 Å². The Morgan fingerprint density at radius 2 is 1.45 bits per heavy atom. The van der Waals surface area contributed by atoms with E-state index in [0.29, 0.717) is 82.5 Å². The first-order chi connectivity index (χ1) is 25.7. The van der Waals surface area contributed by atoms with Gasteiger partial charge in [-0.05, 0) is 43.2 Å². The number of methoxy groups -OCH3 is 2. The lowest BCUT2D eigenvalue weighted by Crippen LogP contribution is -2.35. The molecule has 0 bridgehead atoms. The molecule has 53 heavy (non-hydrogen) atoms. The average molecular weight is 774 g/mol. The van der Waals surface area contributed by atoms with Crippen LogP contribution in [0.3, 0.4) is 0 Å². The zero-order valence-corrected chi connectivity index (χ0v) is 31.6. The fraction of sp³-hybridized carbons (Fsp3) is 0.300. The van der Waals surface area contributed by atoms with E-state index >= 15 is 0 Å². The summed E-state index contributed by atoms with van der Waals surface area (Å²) < 4.78 is 11.6. The number of ether oxygens (including phenoxy) is 2. The number of hydrogen-bond acceptors (Lipinski definition) is 8. The summed E-state index contributed by atoms with van der Waals surface area (Å²) in [6, 6.07) is 19.5. The van der Waals surface area contributed by atoms with Crippen molar-refractivity contribution in [2.45, 2.75) is 50.9 Å². The van der Waals surface area contributed by atoms with Crippen LogP contribution >= 0.6 is 34.8 Å². The number of halogens is 3. The van der Waals surface area contributed by atoms with Crippen molar-refractivity contribution in [2.24, 2.45) is 0 Å². The maximum atomic E-state index is 11.6. The Bertz CT molecular complexity index is 2200. The lowest BCUT2D eigenvalue weighted by Gasteiger charge is -2.17. The van der Waals surface area contributed by atoms with Crippen molar-refractivity contribution in [3.8, 4) is 45.1 Å². The SMILES string of the molecule is COc1cc(-c2nccc(-c3cccc(-c4ccc5c(OC)c(CNC[C@@H]6CCC(=O)N6)cc(Cl)c5n4)c3Cl)c2Cl)ccc1CNC[C@H]1CCC(=O)N1. The molecule has 2 fully saturated rings. The van der Waals surface area contributed by atoms with Gasteiger partial charge in [0.2, 0.25) is 11.8 Å². The minimum Gasteiger partial charge on any atom is -0.496 e. The van der Waals surface area contributed by atoms with Crippen LogP contribution in [-0.2, 0) is 22.7 Å². The highest BCUT2D eigenvalue weighted by molar-refractivity contribution is 6.39. The van der Waals surface area contributed by atoms with Crippen molar-refractivity contribution >= 4 is 57.5 Å². The Kier molecular flexibility index (Phi) is 11.3. The van der Waals surface area contributed by atoms with Gasteiger partial charge < -0.3 is 30.7 Å². The van der Waals surface area contributed by atoms with Crippen molar-refractivity contribution in [3.63, 3.8) is 0 Å². The highest BCUT2D eigenvalue weighted by Gasteiger charge is 2.23. The molecule has 0 aliphatic carbocycles. The molecule has 0 saturated carbocycles. The minimum atomic E-state index is 0.0882. The topological polar surface area (TPSA) is 126 Å². The molecule has 0 spiro atoms. The van der Waals surface area contributed by atoms with E-state index in [1.54, 1.807) is 20.4 Å². The molecule has 4 N–H and O–H groups in total. The van der Waals surface area contributed by atoms with E-state index < -0.39 is 0 Å². The highest BCUT2D eigenvalue weighted by Crippen LogP contribution is 2.43. The van der Waals surface area contributed by atoms with Gasteiger partial charge in [-0.25, -0.2) is 4.98 Å². The summed E-state index contributed by atoms with van der Waals surface area (Å²) in [7, 11) is 3.27. The van der Waals surface area contributed by atoms with E-state index in [2.05, 4.69) is 26.3 Å². The molecule has 3 aromatic carbocycles. The smallest absolute Gasteiger partial charge is 0.220 e. The predicted octanol–water partition coefficient (Wildman–Crippen LogP) is 7.34. The number of hydrogen-bond donors (Lipinski definition) is 4. The number of pyridine rings is 2. The third kappa shape index (κ3) is 7.93. The van der Waals surface area contributed by atoms with Crippen molar-refractivity contribution < 1.29 is 19.1 Å². The van der Waals surface area contributed by atoms with Crippen LogP contribution in [0, 0.1) is 0 Å². The summed E-state index contributed by atoms with van der Waals surface area (Å²) in [6.07, 6.45) is 4.50. The number of aromatic nitrogens is 2. The van der Waals surface area contributed by atoms with Crippen LogP contribution in [0.2, 0.25) is 15.1 Å². The summed E-state index contributed by atoms with van der Waals surface area (Å²) in [5.74, 6) is 1.57. The van der Waals surface area contributed by atoms with Crippen LogP contribution in [0.1, 0.15) is 36.8 Å². The maximum Gasteiger partial charge on any atom is 0.220 e. The van der Waals surface area contributed by atoms with Crippen molar-refractivity contribution in [1.82, 2.24) is 31.2 Å². The zero-order chi connectivity index (χ0) is 37.1. The molecule has 2 saturated heterocycles. The molecule has 2 aliphatic heterocycles. The van der Waals surface area contributed by atoms with E-state index in [1.165, 1.54) is 0 Å². The molecule has 5 aromatic rings. The predicted molar refractivity (Wildman–Crippen MR) is 210 cm³/mol. The van der Waals surface area contributed by atoms with Crippen LogP contribution in [0.25, 0.3) is 44.5 Å². The second kappa shape index (κ2) is 16.3. The van der Waals surface area contributed by atoms with Crippen LogP contribution in [0.4, 0.5) is 0 Å². The minimum absolute atomic E-state index is 0.0882. The molecule has 2 aromatic heterocycles. The second-order valence-corrected chi connectivity index (χ2v) is 14.4. The molecule has 274 valence electrons. The number of nitrogens with zero attached hydrogens (tertiary/aromatic N) is 2. The van der Waals surface area contributed by atoms with Crippen molar-refractivity contribution in [2.75, 3.05) is 27.3 Å². The first-order valence-electron chi connectivity index (χ1n) is 17.5. The Balaban J connectivity index is 1.13. The summed E-state index contributed by atoms with van der Waals surface area (Å²) in [6.45, 7) is 2.44. The number of nitrogens with one attached hydrogen (secondary N) is 4. The first kappa shape index (κ1) is 36.9. The molecule has 2 amide bonds. The van der Waals surface area contributed by atoms with Gasteiger partial charge >= 0.3 is 0 Å². The fourth-order valence-corrected chi connectivity index (χ4v) is 7.98. The van der Waals surface area contributed by atoms with Gasteiger partial charge in [0.05, 0.1) is 46.2 Å². The number of rotatable bonds is 13. The lowest BCUT2D eigenvalue weighted by molar-refractivity contribution is -0.120. The average Bonchev–Trinajstić information content (AvgIpc) is 3.78. The number of fused-ring (bicyclic) bond motifs is 1. The Hall–Kier alpha value is -4.45. The van der Waals surface area contributed by atoms with E-state index in [0.717, 1.165) is 51.6 Å². The normalized spacial score (nSPS) is 16.9. The van der Waals surface area contributed by atoms with Crippen molar-refractivity contribution in [3.05, 3.63) is 93.1 Å². The van der Waals surface area contributed by atoms with Crippen LogP contribution in [0.5, 0.6) is 11.5 Å². The molecular formula is C40H39Cl3N6O4. The molecule has 4 heterocycles. The van der Waals surface area contributed by atoms with Crippen LogP contribution in [0.15, 0.2) is 66.9 Å². The van der Waals surface area contributed by atoms with Gasteiger partial charge in [-0.15, -0.1) is 0 Å². The van der Waals surface area contributed by atoms with E-state index in [9.17, 15) is 9.59 Å². The van der Waals surface area contributed by atoms with E-state index in [1.807, 2.05) is 60.7 Å². The standard InChI is InChI=1S/C40H39Cl3N6O4/c1-52-33-17-22(6-7-23(33)18-44-20-25-8-12-34(50)47-25)38-37(43)28(14-15-46-38)27-4-3-5-29(36(27)42)32-11-10-30-39(49-32)31(41)16-24(40(30)53-2)19-45-21-26-9-13-35(51)48-26/h3-7,10-11,14-17,25-26,44-45H,8-9,12-13,18-21H2,1-2H3,(H,47,50)(H,48,51)/t25-,26+/m1/s1. The second-order valence-electron chi connectivity index (χ2n) is 13.2. The number of carbonyl (C=O) groups is 2. The van der Waals surface area contributed by atoms with Gasteiger partial charge in [-0.1, -0.05) is 65.1 Å². The summed E-state index contributed by atoms with van der Waals surface area (Å²) in [5, 5.41) is 15.0. The van der Waals surface area contributed by atoms with Crippen molar-refractivity contribution in [1.29, 1.82) is 0 Å². The summed E-state index contributed by atoms with van der Waals surface area (Å²) >= 11 is 21.1. The molecule has 2 atom stereocenters. The summed E-state index contributed by atoms with van der Waals surface area (Å²) in [4.78, 5) is 32.7. The Morgan fingerprint density at radius 3 is 2.11 bits per heavy atom. The zero-order valence-electron chi connectivity index (χ0n) is 29.3. The lowest BCUT2D eigenvalue weighted by atomic mass is 9.99. The van der Waals surface area contributed by atoms with Crippen LogP contribution < -0.4 is 30.7 Å². The molecular weight excluding hydrogens is 735 g/mol. The quantitative estimate of drug-likeness (QED) is 0.0980. The van der Waals surface area contributed by atoms with Gasteiger partial charge in [-0.3, -0.25) is 14.6 Å². The largest absolute Gasteiger partial charge is 0.496 e. The maximum absolute atomic E-state index is 11.6. The van der Waals surface area contributed by atoms with Gasteiger partial charge in [0, 0.05) is 96.1 Å². The first-order valence-corrected chi connectivity index (χ1v) is 18.6. The monoisotopic (exact) mass is 772 g/mol.